The number of hydrogen-bond acceptors (Lipinski definition) is 3. The number of anilines is 1. The van der Waals surface area contributed by atoms with Gasteiger partial charge in [0.15, 0.2) is 0 Å². The lowest BCUT2D eigenvalue weighted by Crippen LogP contribution is -2.38. The lowest BCUT2D eigenvalue weighted by molar-refractivity contribution is -0.116. The Morgan fingerprint density at radius 3 is 2.50 bits per heavy atom. The Morgan fingerprint density at radius 2 is 1.85 bits per heavy atom. The zero-order valence-corrected chi connectivity index (χ0v) is 16.9. The maximum atomic E-state index is 12.9. The molecule has 0 fully saturated rings. The van der Waals surface area contributed by atoms with E-state index in [-0.39, 0.29) is 18.4 Å². The van der Waals surface area contributed by atoms with Crippen LogP contribution in [0.1, 0.15) is 52.4 Å². The fraction of sp³-hybridized carbons (Fsp3) is 0.429. The van der Waals surface area contributed by atoms with Gasteiger partial charge in [0.1, 0.15) is 6.54 Å². The standard InChI is InChI=1S/C21H28N2O2S/c1-5-9-17-13-19(26-16(17)4)21(25)23(12-6-2)14-20(24)22-18-11-8-7-10-15(18)3/h7-8,10-11,13H,5-6,9,12,14H2,1-4H3,(H,22,24). The monoisotopic (exact) mass is 372 g/mol. The Bertz CT molecular complexity index is 767. The summed E-state index contributed by atoms with van der Waals surface area (Å²) in [5.74, 6) is -0.217. The van der Waals surface area contributed by atoms with Crippen LogP contribution in [0.25, 0.3) is 0 Å². The van der Waals surface area contributed by atoms with Crippen molar-refractivity contribution in [1.29, 1.82) is 0 Å². The largest absolute Gasteiger partial charge is 0.329 e. The molecule has 26 heavy (non-hydrogen) atoms. The highest BCUT2D eigenvalue weighted by atomic mass is 32.1. The lowest BCUT2D eigenvalue weighted by atomic mass is 10.1. The molecule has 0 atom stereocenters. The smallest absolute Gasteiger partial charge is 0.264 e. The number of benzene rings is 1. The van der Waals surface area contributed by atoms with Crippen molar-refractivity contribution in [3.63, 3.8) is 0 Å². The molecule has 0 radical (unpaired) electrons. The molecule has 0 saturated carbocycles. The predicted octanol–water partition coefficient (Wildman–Crippen LogP) is 4.81. The van der Waals surface area contributed by atoms with Gasteiger partial charge in [-0.15, -0.1) is 11.3 Å². The maximum absolute atomic E-state index is 12.9. The first-order chi connectivity index (χ1) is 12.5. The summed E-state index contributed by atoms with van der Waals surface area (Å²) in [4.78, 5) is 28.9. The highest BCUT2D eigenvalue weighted by Crippen LogP contribution is 2.24. The van der Waals surface area contributed by atoms with E-state index in [9.17, 15) is 9.59 Å². The molecule has 2 aromatic rings. The van der Waals surface area contributed by atoms with Crippen LogP contribution in [0.5, 0.6) is 0 Å². The number of carbonyl (C=O) groups is 2. The number of thiophene rings is 1. The van der Waals surface area contributed by atoms with Gasteiger partial charge in [-0.05, 0) is 49.9 Å². The lowest BCUT2D eigenvalue weighted by Gasteiger charge is -2.21. The third-order valence-corrected chi connectivity index (χ3v) is 5.37. The second-order valence-electron chi connectivity index (χ2n) is 6.53. The molecule has 0 aliphatic rings. The first-order valence-corrected chi connectivity index (χ1v) is 10.0. The van der Waals surface area contributed by atoms with Crippen LogP contribution in [0.2, 0.25) is 0 Å². The second kappa shape index (κ2) is 9.53. The summed E-state index contributed by atoms with van der Waals surface area (Å²) in [6.07, 6.45) is 2.86. The van der Waals surface area contributed by atoms with E-state index in [1.165, 1.54) is 21.8 Å². The summed E-state index contributed by atoms with van der Waals surface area (Å²) in [6.45, 7) is 8.80. The van der Waals surface area contributed by atoms with Crippen LogP contribution < -0.4 is 5.32 Å². The van der Waals surface area contributed by atoms with E-state index >= 15 is 0 Å². The molecule has 2 amide bonds. The topological polar surface area (TPSA) is 49.4 Å². The van der Waals surface area contributed by atoms with E-state index in [0.717, 1.165) is 35.4 Å². The number of rotatable bonds is 8. The summed E-state index contributed by atoms with van der Waals surface area (Å²) >= 11 is 1.53. The molecular weight excluding hydrogens is 344 g/mol. The van der Waals surface area contributed by atoms with Gasteiger partial charge in [0.25, 0.3) is 5.91 Å². The van der Waals surface area contributed by atoms with Crippen LogP contribution in [0, 0.1) is 13.8 Å². The Hall–Kier alpha value is -2.14. The summed E-state index contributed by atoms with van der Waals surface area (Å²) in [7, 11) is 0. The number of nitrogens with zero attached hydrogens (tertiary/aromatic N) is 1. The SMILES string of the molecule is CCCc1cc(C(=O)N(CCC)CC(=O)Nc2ccccc2C)sc1C. The molecule has 1 aromatic carbocycles. The molecule has 140 valence electrons. The molecule has 0 saturated heterocycles. The van der Waals surface area contributed by atoms with Crippen LogP contribution >= 0.6 is 11.3 Å². The van der Waals surface area contributed by atoms with Gasteiger partial charge < -0.3 is 10.2 Å². The van der Waals surface area contributed by atoms with Crippen LogP contribution in [0.15, 0.2) is 30.3 Å². The average Bonchev–Trinajstić information content (AvgIpc) is 2.97. The van der Waals surface area contributed by atoms with E-state index in [2.05, 4.69) is 19.2 Å². The molecule has 4 nitrogen and oxygen atoms in total. The molecule has 0 aliphatic carbocycles. The van der Waals surface area contributed by atoms with Crippen LogP contribution in [0.3, 0.4) is 0 Å². The maximum Gasteiger partial charge on any atom is 0.264 e. The van der Waals surface area contributed by atoms with Crippen LogP contribution in [-0.4, -0.2) is 29.8 Å². The van der Waals surface area contributed by atoms with Crippen molar-refractivity contribution in [2.75, 3.05) is 18.4 Å². The van der Waals surface area contributed by atoms with Gasteiger partial charge in [0, 0.05) is 17.1 Å². The number of aryl methyl sites for hydroxylation is 3. The number of carbonyl (C=O) groups excluding carboxylic acids is 2. The molecule has 0 unspecified atom stereocenters. The van der Waals surface area contributed by atoms with Crippen molar-refractivity contribution in [3.8, 4) is 0 Å². The van der Waals surface area contributed by atoms with Gasteiger partial charge >= 0.3 is 0 Å². The summed E-state index contributed by atoms with van der Waals surface area (Å²) in [5, 5.41) is 2.91. The van der Waals surface area contributed by atoms with Crippen molar-refractivity contribution < 1.29 is 9.59 Å². The number of nitrogens with one attached hydrogen (secondary N) is 1. The summed E-state index contributed by atoms with van der Waals surface area (Å²) < 4.78 is 0. The average molecular weight is 373 g/mol. The van der Waals surface area contributed by atoms with Crippen molar-refractivity contribution in [2.24, 2.45) is 0 Å². The molecule has 1 heterocycles. The Kier molecular flexibility index (Phi) is 7.39. The molecule has 0 aliphatic heterocycles. The van der Waals surface area contributed by atoms with Gasteiger partial charge in [0.05, 0.1) is 4.88 Å². The van der Waals surface area contributed by atoms with E-state index in [1.807, 2.05) is 44.2 Å². The van der Waals surface area contributed by atoms with Crippen molar-refractivity contribution >= 4 is 28.8 Å². The first-order valence-electron chi connectivity index (χ1n) is 9.20. The molecule has 2 rings (SSSR count). The van der Waals surface area contributed by atoms with E-state index in [1.54, 1.807) is 4.90 Å². The fourth-order valence-electron chi connectivity index (χ4n) is 2.90. The second-order valence-corrected chi connectivity index (χ2v) is 7.79. The van der Waals surface area contributed by atoms with Gasteiger partial charge in [0.2, 0.25) is 5.91 Å². The highest BCUT2D eigenvalue weighted by molar-refractivity contribution is 7.14. The number of para-hydroxylation sites is 1. The van der Waals surface area contributed by atoms with Crippen LogP contribution in [-0.2, 0) is 11.2 Å². The van der Waals surface area contributed by atoms with Crippen LogP contribution in [0.4, 0.5) is 5.69 Å². The minimum absolute atomic E-state index is 0.0535. The van der Waals surface area contributed by atoms with E-state index in [0.29, 0.717) is 6.54 Å². The zero-order chi connectivity index (χ0) is 19.1. The van der Waals surface area contributed by atoms with Crippen molar-refractivity contribution in [2.45, 2.75) is 47.0 Å². The van der Waals surface area contributed by atoms with Crippen molar-refractivity contribution in [1.82, 2.24) is 4.90 Å². The van der Waals surface area contributed by atoms with E-state index in [4.69, 9.17) is 0 Å². The molecule has 0 bridgehead atoms. The van der Waals surface area contributed by atoms with E-state index < -0.39 is 0 Å². The molecule has 5 heteroatoms. The normalized spacial score (nSPS) is 10.6. The Labute approximate surface area is 160 Å². The number of hydrogen-bond donors (Lipinski definition) is 1. The summed E-state index contributed by atoms with van der Waals surface area (Å²) in [6, 6.07) is 9.65. The third kappa shape index (κ3) is 5.18. The van der Waals surface area contributed by atoms with Gasteiger partial charge in [-0.25, -0.2) is 0 Å². The molecular formula is C21H28N2O2S. The minimum Gasteiger partial charge on any atom is -0.329 e. The predicted molar refractivity (Wildman–Crippen MR) is 109 cm³/mol. The highest BCUT2D eigenvalue weighted by Gasteiger charge is 2.21. The first kappa shape index (κ1) is 20.2. The van der Waals surface area contributed by atoms with Gasteiger partial charge in [-0.3, -0.25) is 9.59 Å². The third-order valence-electron chi connectivity index (χ3n) is 4.29. The zero-order valence-electron chi connectivity index (χ0n) is 16.1. The molecule has 1 aromatic heterocycles. The quantitative estimate of drug-likeness (QED) is 0.723. The van der Waals surface area contributed by atoms with Gasteiger partial charge in [-0.1, -0.05) is 38.5 Å². The van der Waals surface area contributed by atoms with Gasteiger partial charge in [-0.2, -0.15) is 0 Å². The summed E-state index contributed by atoms with van der Waals surface area (Å²) in [5.41, 5.74) is 3.03. The van der Waals surface area contributed by atoms with Crippen molar-refractivity contribution in [3.05, 3.63) is 51.2 Å². The fourth-order valence-corrected chi connectivity index (χ4v) is 3.94. The molecule has 1 N–H and O–H groups in total. The Morgan fingerprint density at radius 1 is 1.12 bits per heavy atom. The Balaban J connectivity index is 2.09. The minimum atomic E-state index is -0.164. The molecule has 0 spiro atoms. The number of amides is 2.